The molecule has 0 radical (unpaired) electrons. The first-order valence-electron chi connectivity index (χ1n) is 5.39. The van der Waals surface area contributed by atoms with Crippen LogP contribution in [0.1, 0.15) is 13.3 Å². The van der Waals surface area contributed by atoms with E-state index in [-0.39, 0.29) is 0 Å². The largest absolute Gasteiger partial charge is 0.317 e. The van der Waals surface area contributed by atoms with Crippen molar-refractivity contribution in [3.63, 3.8) is 0 Å². The van der Waals surface area contributed by atoms with E-state index in [1.807, 2.05) is 19.3 Å². The summed E-state index contributed by atoms with van der Waals surface area (Å²) in [6.07, 6.45) is 3.03. The second-order valence-corrected chi connectivity index (χ2v) is 3.90. The summed E-state index contributed by atoms with van der Waals surface area (Å²) in [5, 5.41) is 8.84. The van der Waals surface area contributed by atoms with Crippen molar-refractivity contribution >= 4 is 10.9 Å². The third-order valence-corrected chi connectivity index (χ3v) is 2.82. The smallest absolute Gasteiger partial charge is 0.0682 e. The first-order valence-corrected chi connectivity index (χ1v) is 5.39. The fraction of sp³-hybridized carbons (Fsp3) is 0.417. The van der Waals surface area contributed by atoms with Crippen LogP contribution in [-0.2, 0) is 6.54 Å². The average Bonchev–Trinajstić information content (AvgIpc) is 2.69. The van der Waals surface area contributed by atoms with Crippen LogP contribution in [0.15, 0.2) is 30.5 Å². The number of nitrogens with one attached hydrogen (secondary N) is 1. The highest BCUT2D eigenvalue weighted by atomic mass is 15.3. The molecule has 0 aliphatic heterocycles. The van der Waals surface area contributed by atoms with Crippen molar-refractivity contribution in [1.29, 1.82) is 0 Å². The van der Waals surface area contributed by atoms with Crippen molar-refractivity contribution in [2.24, 2.45) is 0 Å². The molecular weight excluding hydrogens is 186 g/mol. The Kier molecular flexibility index (Phi) is 3.02. The molecule has 2 rings (SSSR count). The molecule has 15 heavy (non-hydrogen) atoms. The van der Waals surface area contributed by atoms with Gasteiger partial charge in [-0.05, 0) is 26.5 Å². The van der Waals surface area contributed by atoms with Crippen LogP contribution in [0.3, 0.4) is 0 Å². The third-order valence-electron chi connectivity index (χ3n) is 2.82. The van der Waals surface area contributed by atoms with Gasteiger partial charge in [-0.3, -0.25) is 4.68 Å². The average molecular weight is 203 g/mol. The lowest BCUT2D eigenvalue weighted by Crippen LogP contribution is -2.22. The second kappa shape index (κ2) is 4.45. The van der Waals surface area contributed by atoms with Crippen molar-refractivity contribution in [2.45, 2.75) is 25.9 Å². The summed E-state index contributed by atoms with van der Waals surface area (Å²) in [5.41, 5.74) is 1.22. The Bertz CT molecular complexity index is 433. The summed E-state index contributed by atoms with van der Waals surface area (Å²) in [6, 6.07) is 8.85. The standard InChI is InChI=1S/C12H17N3/c1-10(13-2)7-8-15-12-6-4-3-5-11(12)9-14-15/h3-6,9-10,13H,7-8H2,1-2H3. The zero-order valence-corrected chi connectivity index (χ0v) is 9.27. The summed E-state index contributed by atoms with van der Waals surface area (Å²) in [6.45, 7) is 3.15. The van der Waals surface area contributed by atoms with E-state index >= 15 is 0 Å². The number of hydrogen-bond donors (Lipinski definition) is 1. The molecule has 1 atom stereocenters. The van der Waals surface area contributed by atoms with Crippen LogP contribution >= 0.6 is 0 Å². The number of benzene rings is 1. The molecule has 3 heteroatoms. The number of aryl methyl sites for hydroxylation is 1. The summed E-state index contributed by atoms with van der Waals surface area (Å²) in [4.78, 5) is 0. The maximum atomic E-state index is 4.39. The first kappa shape index (κ1) is 10.2. The van der Waals surface area contributed by atoms with Gasteiger partial charge in [0, 0.05) is 18.0 Å². The summed E-state index contributed by atoms with van der Waals surface area (Å²) in [7, 11) is 1.99. The summed E-state index contributed by atoms with van der Waals surface area (Å²) >= 11 is 0. The highest BCUT2D eigenvalue weighted by Crippen LogP contribution is 2.13. The lowest BCUT2D eigenvalue weighted by Gasteiger charge is -2.10. The van der Waals surface area contributed by atoms with Crippen LogP contribution in [-0.4, -0.2) is 22.9 Å². The van der Waals surface area contributed by atoms with Crippen molar-refractivity contribution in [2.75, 3.05) is 7.05 Å². The molecule has 1 aromatic heterocycles. The van der Waals surface area contributed by atoms with E-state index in [2.05, 4.69) is 40.2 Å². The first-order chi connectivity index (χ1) is 7.31. The molecular formula is C12H17N3. The predicted octanol–water partition coefficient (Wildman–Crippen LogP) is 2.03. The predicted molar refractivity (Wildman–Crippen MR) is 62.9 cm³/mol. The van der Waals surface area contributed by atoms with Gasteiger partial charge < -0.3 is 5.32 Å². The maximum absolute atomic E-state index is 4.39. The number of rotatable bonds is 4. The molecule has 0 aliphatic carbocycles. The van der Waals surface area contributed by atoms with Crippen LogP contribution in [0.25, 0.3) is 10.9 Å². The minimum atomic E-state index is 0.535. The number of fused-ring (bicyclic) bond motifs is 1. The van der Waals surface area contributed by atoms with E-state index in [1.54, 1.807) is 0 Å². The van der Waals surface area contributed by atoms with Crippen LogP contribution in [0.5, 0.6) is 0 Å². The Morgan fingerprint density at radius 3 is 3.00 bits per heavy atom. The SMILES string of the molecule is CNC(C)CCn1ncc2ccccc21. The minimum absolute atomic E-state index is 0.535. The number of para-hydroxylation sites is 1. The minimum Gasteiger partial charge on any atom is -0.317 e. The van der Waals surface area contributed by atoms with Gasteiger partial charge in [-0.15, -0.1) is 0 Å². The van der Waals surface area contributed by atoms with Gasteiger partial charge in [-0.25, -0.2) is 0 Å². The highest BCUT2D eigenvalue weighted by Gasteiger charge is 2.03. The quantitative estimate of drug-likeness (QED) is 0.824. The molecule has 0 saturated carbocycles. The molecule has 0 aliphatic rings. The van der Waals surface area contributed by atoms with E-state index in [0.717, 1.165) is 13.0 Å². The van der Waals surface area contributed by atoms with Crippen molar-refractivity contribution < 1.29 is 0 Å². The number of aromatic nitrogens is 2. The van der Waals surface area contributed by atoms with Crippen molar-refractivity contribution in [3.05, 3.63) is 30.5 Å². The number of nitrogens with zero attached hydrogens (tertiary/aromatic N) is 2. The molecule has 0 fully saturated rings. The molecule has 0 amide bonds. The van der Waals surface area contributed by atoms with E-state index in [0.29, 0.717) is 6.04 Å². The van der Waals surface area contributed by atoms with Gasteiger partial charge in [0.25, 0.3) is 0 Å². The van der Waals surface area contributed by atoms with Gasteiger partial charge in [0.2, 0.25) is 0 Å². The highest BCUT2D eigenvalue weighted by molar-refractivity contribution is 5.78. The fourth-order valence-corrected chi connectivity index (χ4v) is 1.66. The van der Waals surface area contributed by atoms with Gasteiger partial charge >= 0.3 is 0 Å². The van der Waals surface area contributed by atoms with Crippen LogP contribution in [0.2, 0.25) is 0 Å². The summed E-state index contributed by atoms with van der Waals surface area (Å²) in [5.74, 6) is 0. The zero-order valence-electron chi connectivity index (χ0n) is 9.27. The molecule has 1 aromatic carbocycles. The van der Waals surface area contributed by atoms with Crippen LogP contribution in [0, 0.1) is 0 Å². The summed E-state index contributed by atoms with van der Waals surface area (Å²) < 4.78 is 2.07. The van der Waals surface area contributed by atoms with E-state index in [4.69, 9.17) is 0 Å². The molecule has 0 saturated heterocycles. The molecule has 80 valence electrons. The Hall–Kier alpha value is -1.35. The van der Waals surface area contributed by atoms with Gasteiger partial charge in [0.1, 0.15) is 0 Å². The molecule has 0 spiro atoms. The fourth-order valence-electron chi connectivity index (χ4n) is 1.66. The maximum Gasteiger partial charge on any atom is 0.0682 e. The molecule has 1 unspecified atom stereocenters. The van der Waals surface area contributed by atoms with Gasteiger partial charge in [-0.2, -0.15) is 5.10 Å². The van der Waals surface area contributed by atoms with Crippen molar-refractivity contribution in [3.8, 4) is 0 Å². The van der Waals surface area contributed by atoms with E-state index in [1.165, 1.54) is 10.9 Å². The zero-order chi connectivity index (χ0) is 10.7. The van der Waals surface area contributed by atoms with Gasteiger partial charge in [-0.1, -0.05) is 18.2 Å². The second-order valence-electron chi connectivity index (χ2n) is 3.90. The van der Waals surface area contributed by atoms with E-state index < -0.39 is 0 Å². The Balaban J connectivity index is 2.14. The topological polar surface area (TPSA) is 29.9 Å². The Morgan fingerprint density at radius 1 is 1.40 bits per heavy atom. The Labute approximate surface area is 90.1 Å². The Morgan fingerprint density at radius 2 is 2.20 bits per heavy atom. The van der Waals surface area contributed by atoms with Crippen LogP contribution in [0.4, 0.5) is 0 Å². The molecule has 2 aromatic rings. The molecule has 3 nitrogen and oxygen atoms in total. The third kappa shape index (κ3) is 2.18. The lowest BCUT2D eigenvalue weighted by molar-refractivity contribution is 0.493. The van der Waals surface area contributed by atoms with Gasteiger partial charge in [0.15, 0.2) is 0 Å². The normalized spacial score (nSPS) is 13.2. The number of hydrogen-bond acceptors (Lipinski definition) is 2. The molecule has 0 bridgehead atoms. The molecule has 1 heterocycles. The van der Waals surface area contributed by atoms with E-state index in [9.17, 15) is 0 Å². The lowest BCUT2D eigenvalue weighted by atomic mass is 10.2. The van der Waals surface area contributed by atoms with Crippen molar-refractivity contribution in [1.82, 2.24) is 15.1 Å². The monoisotopic (exact) mass is 203 g/mol. The van der Waals surface area contributed by atoms with Gasteiger partial charge in [0.05, 0.1) is 11.7 Å². The molecule has 1 N–H and O–H groups in total. The van der Waals surface area contributed by atoms with Crippen LogP contribution < -0.4 is 5.32 Å².